The molecule has 2 N–H and O–H groups in total. The van der Waals surface area contributed by atoms with Gasteiger partial charge in [0.1, 0.15) is 5.37 Å². The van der Waals surface area contributed by atoms with Gasteiger partial charge in [-0.05, 0) is 18.8 Å². The first kappa shape index (κ1) is 16.6. The summed E-state index contributed by atoms with van der Waals surface area (Å²) in [5.41, 5.74) is 6.06. The van der Waals surface area contributed by atoms with Crippen LogP contribution in [0.4, 0.5) is 0 Å². The Morgan fingerprint density at radius 2 is 2.15 bits per heavy atom. The Labute approximate surface area is 127 Å². The molecule has 0 aromatic carbocycles. The average Bonchev–Trinajstić information content (AvgIpc) is 2.48. The molecule has 0 radical (unpaired) electrons. The van der Waals surface area contributed by atoms with Gasteiger partial charge in [-0.25, -0.2) is 8.42 Å². The smallest absolute Gasteiger partial charge is 0.166 e. The Kier molecular flexibility index (Phi) is 5.43. The van der Waals surface area contributed by atoms with Crippen LogP contribution in [0.1, 0.15) is 39.5 Å². The minimum atomic E-state index is -3.04. The summed E-state index contributed by atoms with van der Waals surface area (Å²) in [4.78, 5) is 2.27. The molecule has 2 fully saturated rings. The molecule has 6 heteroatoms. The van der Waals surface area contributed by atoms with E-state index in [9.17, 15) is 8.42 Å². The van der Waals surface area contributed by atoms with Crippen molar-refractivity contribution in [2.75, 3.05) is 30.3 Å². The average molecular weight is 321 g/mol. The van der Waals surface area contributed by atoms with Crippen LogP contribution in [0, 0.1) is 5.92 Å². The lowest BCUT2D eigenvalue weighted by molar-refractivity contribution is 0.00977. The Hall–Kier alpha value is 0.220. The van der Waals surface area contributed by atoms with Crippen molar-refractivity contribution in [1.29, 1.82) is 0 Å². The molecule has 1 saturated heterocycles. The largest absolute Gasteiger partial charge is 0.329 e. The SMILES string of the molecule is CCS(=O)(=O)C1CSCCN1C1(CN)CCCCC1C. The zero-order valence-corrected chi connectivity index (χ0v) is 14.3. The summed E-state index contributed by atoms with van der Waals surface area (Å²) in [7, 11) is -3.04. The van der Waals surface area contributed by atoms with Crippen molar-refractivity contribution in [1.82, 2.24) is 4.90 Å². The van der Waals surface area contributed by atoms with Crippen molar-refractivity contribution in [2.45, 2.75) is 50.4 Å². The van der Waals surface area contributed by atoms with Gasteiger partial charge in [-0.2, -0.15) is 11.8 Å². The summed E-state index contributed by atoms with van der Waals surface area (Å²) in [5.74, 6) is 2.43. The molecule has 1 aliphatic heterocycles. The Morgan fingerprint density at radius 1 is 1.40 bits per heavy atom. The van der Waals surface area contributed by atoms with Gasteiger partial charge >= 0.3 is 0 Å². The van der Waals surface area contributed by atoms with Crippen LogP contribution in [0.5, 0.6) is 0 Å². The molecule has 0 spiro atoms. The van der Waals surface area contributed by atoms with Crippen LogP contribution in [0.3, 0.4) is 0 Å². The molecule has 118 valence electrons. The standard InChI is InChI=1S/C14H28N2O2S2/c1-3-20(17,18)13-10-19-9-8-16(13)14(11-15)7-5-4-6-12(14)2/h12-13H,3-11,15H2,1-2H3. The third-order valence-electron chi connectivity index (χ3n) is 5.24. The zero-order chi connectivity index (χ0) is 14.8. The van der Waals surface area contributed by atoms with Gasteiger partial charge in [0.05, 0.1) is 0 Å². The Balaban J connectivity index is 2.34. The highest BCUT2D eigenvalue weighted by Crippen LogP contribution is 2.41. The molecule has 4 nitrogen and oxygen atoms in total. The van der Waals surface area contributed by atoms with Crippen LogP contribution < -0.4 is 5.73 Å². The van der Waals surface area contributed by atoms with Crippen LogP contribution in [0.15, 0.2) is 0 Å². The zero-order valence-electron chi connectivity index (χ0n) is 12.7. The number of nitrogens with zero attached hydrogens (tertiary/aromatic N) is 1. The topological polar surface area (TPSA) is 63.4 Å². The third-order valence-corrected chi connectivity index (χ3v) is 8.53. The van der Waals surface area contributed by atoms with Gasteiger partial charge in [0.25, 0.3) is 0 Å². The predicted octanol–water partition coefficient (Wildman–Crippen LogP) is 1.70. The fourth-order valence-electron chi connectivity index (χ4n) is 3.82. The van der Waals surface area contributed by atoms with E-state index in [2.05, 4.69) is 11.8 Å². The predicted molar refractivity (Wildman–Crippen MR) is 86.7 cm³/mol. The van der Waals surface area contributed by atoms with Crippen LogP contribution >= 0.6 is 11.8 Å². The van der Waals surface area contributed by atoms with E-state index >= 15 is 0 Å². The minimum absolute atomic E-state index is 0.105. The summed E-state index contributed by atoms with van der Waals surface area (Å²) < 4.78 is 25.0. The van der Waals surface area contributed by atoms with Gasteiger partial charge in [-0.3, -0.25) is 4.90 Å². The fraction of sp³-hybridized carbons (Fsp3) is 1.00. The molecule has 1 heterocycles. The highest BCUT2D eigenvalue weighted by Gasteiger charge is 2.48. The molecular weight excluding hydrogens is 292 g/mol. The summed E-state index contributed by atoms with van der Waals surface area (Å²) in [5, 5.41) is -0.338. The molecular formula is C14H28N2O2S2. The number of hydrogen-bond donors (Lipinski definition) is 1. The molecule has 3 unspecified atom stereocenters. The molecule has 2 rings (SSSR count). The van der Waals surface area contributed by atoms with Gasteiger partial charge in [-0.1, -0.05) is 26.7 Å². The summed E-state index contributed by atoms with van der Waals surface area (Å²) >= 11 is 1.76. The molecule has 0 bridgehead atoms. The van der Waals surface area contributed by atoms with E-state index < -0.39 is 9.84 Å². The van der Waals surface area contributed by atoms with Gasteiger partial charge < -0.3 is 5.73 Å². The van der Waals surface area contributed by atoms with E-state index in [4.69, 9.17) is 5.73 Å². The first-order chi connectivity index (χ1) is 9.48. The molecule has 2 aliphatic rings. The van der Waals surface area contributed by atoms with Gasteiger partial charge in [0, 0.05) is 35.9 Å². The second-order valence-electron chi connectivity index (χ2n) is 6.13. The maximum atomic E-state index is 12.5. The van der Waals surface area contributed by atoms with Gasteiger partial charge in [0.2, 0.25) is 0 Å². The van der Waals surface area contributed by atoms with Crippen LogP contribution in [0.2, 0.25) is 0 Å². The second-order valence-corrected chi connectivity index (χ2v) is 9.73. The van der Waals surface area contributed by atoms with Crippen LogP contribution in [-0.2, 0) is 9.84 Å². The molecule has 0 amide bonds. The molecule has 0 aromatic heterocycles. The van der Waals surface area contributed by atoms with Gasteiger partial charge in [-0.15, -0.1) is 0 Å². The van der Waals surface area contributed by atoms with Crippen molar-refractivity contribution < 1.29 is 8.42 Å². The molecule has 0 aromatic rings. The lowest BCUT2D eigenvalue weighted by atomic mass is 9.72. The van der Waals surface area contributed by atoms with E-state index in [1.165, 1.54) is 19.3 Å². The highest BCUT2D eigenvalue weighted by molar-refractivity contribution is 8.01. The third kappa shape index (κ3) is 2.89. The van der Waals surface area contributed by atoms with Crippen molar-refractivity contribution in [3.8, 4) is 0 Å². The summed E-state index contributed by atoms with van der Waals surface area (Å²) in [6.45, 7) is 5.44. The summed E-state index contributed by atoms with van der Waals surface area (Å²) in [6, 6.07) is 0. The lowest BCUT2D eigenvalue weighted by Crippen LogP contribution is -2.66. The normalized spacial score (nSPS) is 37.0. The maximum Gasteiger partial charge on any atom is 0.166 e. The van der Waals surface area contributed by atoms with Crippen molar-refractivity contribution >= 4 is 21.6 Å². The number of hydrogen-bond acceptors (Lipinski definition) is 5. The van der Waals surface area contributed by atoms with E-state index in [0.29, 0.717) is 18.2 Å². The molecule has 20 heavy (non-hydrogen) atoms. The Morgan fingerprint density at radius 3 is 2.75 bits per heavy atom. The number of thioether (sulfide) groups is 1. The van der Waals surface area contributed by atoms with E-state index in [1.807, 2.05) is 0 Å². The molecule has 3 atom stereocenters. The van der Waals surface area contributed by atoms with Crippen LogP contribution in [-0.4, -0.2) is 54.6 Å². The van der Waals surface area contributed by atoms with E-state index in [1.54, 1.807) is 18.7 Å². The summed E-state index contributed by atoms with van der Waals surface area (Å²) in [6.07, 6.45) is 4.63. The molecule has 1 aliphatic carbocycles. The lowest BCUT2D eigenvalue weighted by Gasteiger charge is -2.54. The fourth-order valence-corrected chi connectivity index (χ4v) is 6.90. The first-order valence-corrected chi connectivity index (χ1v) is 10.6. The number of sulfone groups is 1. The van der Waals surface area contributed by atoms with Gasteiger partial charge in [0.15, 0.2) is 9.84 Å². The maximum absolute atomic E-state index is 12.5. The van der Waals surface area contributed by atoms with Crippen LogP contribution in [0.25, 0.3) is 0 Å². The van der Waals surface area contributed by atoms with E-state index in [-0.39, 0.29) is 16.7 Å². The monoisotopic (exact) mass is 320 g/mol. The second kappa shape index (κ2) is 6.55. The van der Waals surface area contributed by atoms with Crippen molar-refractivity contribution in [3.63, 3.8) is 0 Å². The highest BCUT2D eigenvalue weighted by atomic mass is 32.2. The Bertz CT molecular complexity index is 427. The molecule has 1 saturated carbocycles. The first-order valence-electron chi connectivity index (χ1n) is 7.74. The number of rotatable bonds is 4. The quantitative estimate of drug-likeness (QED) is 0.854. The minimum Gasteiger partial charge on any atom is -0.329 e. The number of nitrogens with two attached hydrogens (primary N) is 1. The van der Waals surface area contributed by atoms with Crippen molar-refractivity contribution in [2.24, 2.45) is 11.7 Å². The van der Waals surface area contributed by atoms with E-state index in [0.717, 1.165) is 18.7 Å². The van der Waals surface area contributed by atoms with Crippen molar-refractivity contribution in [3.05, 3.63) is 0 Å².